The van der Waals surface area contributed by atoms with Gasteiger partial charge in [-0.2, -0.15) is 0 Å². The minimum Gasteiger partial charge on any atom is -0.465 e. The van der Waals surface area contributed by atoms with Gasteiger partial charge in [-0.1, -0.05) is 0 Å². The van der Waals surface area contributed by atoms with Crippen molar-refractivity contribution in [3.63, 3.8) is 0 Å². The van der Waals surface area contributed by atoms with E-state index in [1.165, 1.54) is 12.8 Å². The second-order valence-corrected chi connectivity index (χ2v) is 4.26. The van der Waals surface area contributed by atoms with Crippen LogP contribution in [0.1, 0.15) is 25.7 Å². The molecule has 2 aliphatic rings. The number of ether oxygens (including phenoxy) is 2. The van der Waals surface area contributed by atoms with Crippen LogP contribution in [0.25, 0.3) is 0 Å². The summed E-state index contributed by atoms with van der Waals surface area (Å²) in [7, 11) is 1.63. The van der Waals surface area contributed by atoms with Crippen LogP contribution in [0.2, 0.25) is 0 Å². The Kier molecular flexibility index (Phi) is 2.28. The van der Waals surface area contributed by atoms with Gasteiger partial charge in [0, 0.05) is 7.11 Å². The van der Waals surface area contributed by atoms with E-state index in [0.29, 0.717) is 19.1 Å². The third-order valence-corrected chi connectivity index (χ3v) is 2.85. The maximum atomic E-state index is 11.5. The summed E-state index contributed by atoms with van der Waals surface area (Å²) in [5.74, 6) is 0.614. The van der Waals surface area contributed by atoms with Crippen LogP contribution >= 0.6 is 0 Å². The van der Waals surface area contributed by atoms with E-state index in [9.17, 15) is 4.79 Å². The molecule has 0 aliphatic heterocycles. The normalized spacial score (nSPS) is 24.1. The molecule has 0 aromatic carbocycles. The zero-order valence-electron chi connectivity index (χ0n) is 8.04. The van der Waals surface area contributed by atoms with Gasteiger partial charge in [-0.15, -0.1) is 0 Å². The summed E-state index contributed by atoms with van der Waals surface area (Å²) in [6, 6.07) is 0. The average Bonchev–Trinajstić information content (AvgIpc) is 2.96. The van der Waals surface area contributed by atoms with Gasteiger partial charge in [0.05, 0.1) is 18.6 Å². The molecule has 0 bridgehead atoms. The molecule has 2 aliphatic carbocycles. The molecule has 0 amide bonds. The molecule has 0 radical (unpaired) electrons. The van der Waals surface area contributed by atoms with Crippen LogP contribution in [0.5, 0.6) is 0 Å². The molecular formula is C10H16O3. The van der Waals surface area contributed by atoms with Crippen molar-refractivity contribution < 1.29 is 14.3 Å². The van der Waals surface area contributed by atoms with Crippen molar-refractivity contribution in [1.29, 1.82) is 0 Å². The lowest BCUT2D eigenvalue weighted by Gasteiger charge is -2.12. The van der Waals surface area contributed by atoms with Crippen molar-refractivity contribution in [2.75, 3.05) is 20.3 Å². The second-order valence-electron chi connectivity index (χ2n) is 4.26. The first kappa shape index (κ1) is 9.00. The van der Waals surface area contributed by atoms with Gasteiger partial charge in [0.25, 0.3) is 0 Å². The first-order chi connectivity index (χ1) is 6.27. The Morgan fingerprint density at radius 2 is 2.15 bits per heavy atom. The first-order valence-electron chi connectivity index (χ1n) is 4.93. The number of hydrogen-bond acceptors (Lipinski definition) is 3. The Morgan fingerprint density at radius 1 is 1.46 bits per heavy atom. The summed E-state index contributed by atoms with van der Waals surface area (Å²) in [6.45, 7) is 1.15. The van der Waals surface area contributed by atoms with Gasteiger partial charge in [-0.25, -0.2) is 0 Å². The first-order valence-corrected chi connectivity index (χ1v) is 4.93. The molecule has 0 N–H and O–H groups in total. The lowest BCUT2D eigenvalue weighted by Crippen LogP contribution is -2.24. The van der Waals surface area contributed by atoms with Crippen molar-refractivity contribution in [2.45, 2.75) is 25.7 Å². The number of esters is 1. The van der Waals surface area contributed by atoms with E-state index in [2.05, 4.69) is 0 Å². The number of carbonyl (C=O) groups excluding carboxylic acids is 1. The highest BCUT2D eigenvalue weighted by Gasteiger charge is 2.51. The number of carbonyl (C=O) groups is 1. The van der Waals surface area contributed by atoms with Crippen LogP contribution in [0.3, 0.4) is 0 Å². The minimum atomic E-state index is -0.260. The molecule has 13 heavy (non-hydrogen) atoms. The van der Waals surface area contributed by atoms with Crippen LogP contribution in [0.15, 0.2) is 0 Å². The van der Waals surface area contributed by atoms with E-state index in [4.69, 9.17) is 9.47 Å². The minimum absolute atomic E-state index is 0.0405. The maximum Gasteiger partial charge on any atom is 0.314 e. The summed E-state index contributed by atoms with van der Waals surface area (Å²) in [4.78, 5) is 11.5. The predicted molar refractivity (Wildman–Crippen MR) is 47.2 cm³/mol. The molecule has 2 fully saturated rings. The largest absolute Gasteiger partial charge is 0.465 e. The quantitative estimate of drug-likeness (QED) is 0.605. The number of rotatable bonds is 5. The molecule has 0 heterocycles. The monoisotopic (exact) mass is 184 g/mol. The molecule has 0 atom stereocenters. The molecule has 0 aromatic rings. The van der Waals surface area contributed by atoms with Crippen molar-refractivity contribution in [2.24, 2.45) is 11.3 Å². The van der Waals surface area contributed by atoms with E-state index >= 15 is 0 Å². The molecule has 0 aromatic heterocycles. The fourth-order valence-electron chi connectivity index (χ4n) is 1.47. The van der Waals surface area contributed by atoms with E-state index in [0.717, 1.165) is 12.8 Å². The number of hydrogen-bond donors (Lipinski definition) is 0. The Hall–Kier alpha value is -0.570. The highest BCUT2D eigenvalue weighted by atomic mass is 16.5. The van der Waals surface area contributed by atoms with Gasteiger partial charge < -0.3 is 9.47 Å². The van der Waals surface area contributed by atoms with Gasteiger partial charge in [-0.05, 0) is 31.6 Å². The molecule has 2 rings (SSSR count). The third-order valence-electron chi connectivity index (χ3n) is 2.85. The van der Waals surface area contributed by atoms with Crippen molar-refractivity contribution in [1.82, 2.24) is 0 Å². The van der Waals surface area contributed by atoms with Crippen LogP contribution in [-0.4, -0.2) is 26.3 Å². The predicted octanol–water partition coefficient (Wildman–Crippen LogP) is 1.37. The summed E-state index contributed by atoms with van der Waals surface area (Å²) >= 11 is 0. The Bertz CT molecular complexity index is 204. The molecule has 74 valence electrons. The van der Waals surface area contributed by atoms with Crippen LogP contribution < -0.4 is 0 Å². The summed E-state index contributed by atoms with van der Waals surface area (Å²) < 4.78 is 10.2. The Balaban J connectivity index is 1.74. The highest BCUT2D eigenvalue weighted by molar-refractivity contribution is 5.80. The van der Waals surface area contributed by atoms with Crippen molar-refractivity contribution in [3.8, 4) is 0 Å². The van der Waals surface area contributed by atoms with Gasteiger partial charge in [0.2, 0.25) is 0 Å². The highest BCUT2D eigenvalue weighted by Crippen LogP contribution is 2.47. The standard InChI is InChI=1S/C10H16O3/c1-12-7-10(4-5-10)9(11)13-6-8-2-3-8/h8H,2-7H2,1H3. The maximum absolute atomic E-state index is 11.5. The van der Waals surface area contributed by atoms with E-state index in [1.54, 1.807) is 7.11 Å². The molecule has 0 saturated heterocycles. The smallest absolute Gasteiger partial charge is 0.314 e. The van der Waals surface area contributed by atoms with Crippen LogP contribution in [0.4, 0.5) is 0 Å². The number of methoxy groups -OCH3 is 1. The lowest BCUT2D eigenvalue weighted by atomic mass is 10.1. The summed E-state index contributed by atoms with van der Waals surface area (Å²) in [6.07, 6.45) is 4.32. The van der Waals surface area contributed by atoms with Gasteiger partial charge in [0.15, 0.2) is 0 Å². The van der Waals surface area contributed by atoms with E-state index in [1.807, 2.05) is 0 Å². The molecular weight excluding hydrogens is 168 g/mol. The zero-order valence-corrected chi connectivity index (χ0v) is 8.04. The average molecular weight is 184 g/mol. The molecule has 0 spiro atoms. The zero-order chi connectivity index (χ0) is 9.31. The molecule has 0 unspecified atom stereocenters. The Morgan fingerprint density at radius 3 is 2.62 bits per heavy atom. The molecule has 2 saturated carbocycles. The fraction of sp³-hybridized carbons (Fsp3) is 0.900. The van der Waals surface area contributed by atoms with Crippen LogP contribution in [-0.2, 0) is 14.3 Å². The lowest BCUT2D eigenvalue weighted by molar-refractivity contribution is -0.152. The third kappa shape index (κ3) is 2.02. The van der Waals surface area contributed by atoms with Crippen LogP contribution in [0, 0.1) is 11.3 Å². The van der Waals surface area contributed by atoms with Gasteiger partial charge in [0.1, 0.15) is 0 Å². The summed E-state index contributed by atoms with van der Waals surface area (Å²) in [5.41, 5.74) is -0.260. The molecule has 3 nitrogen and oxygen atoms in total. The van der Waals surface area contributed by atoms with Crippen molar-refractivity contribution in [3.05, 3.63) is 0 Å². The fourth-order valence-corrected chi connectivity index (χ4v) is 1.47. The second kappa shape index (κ2) is 3.29. The van der Waals surface area contributed by atoms with E-state index < -0.39 is 0 Å². The topological polar surface area (TPSA) is 35.5 Å². The van der Waals surface area contributed by atoms with Crippen molar-refractivity contribution >= 4 is 5.97 Å². The van der Waals surface area contributed by atoms with Gasteiger partial charge in [-0.3, -0.25) is 4.79 Å². The summed E-state index contributed by atoms with van der Waals surface area (Å²) in [5, 5.41) is 0. The SMILES string of the molecule is COCC1(C(=O)OCC2CC2)CC1. The van der Waals surface area contributed by atoms with Gasteiger partial charge >= 0.3 is 5.97 Å². The Labute approximate surface area is 78.4 Å². The van der Waals surface area contributed by atoms with E-state index in [-0.39, 0.29) is 11.4 Å². The molecule has 3 heteroatoms.